The summed E-state index contributed by atoms with van der Waals surface area (Å²) in [6.07, 6.45) is 0. The minimum Gasteiger partial charge on any atom is -0.269 e. The van der Waals surface area contributed by atoms with E-state index in [0.29, 0.717) is 0 Å². The van der Waals surface area contributed by atoms with E-state index in [9.17, 15) is 0 Å². The van der Waals surface area contributed by atoms with Crippen molar-refractivity contribution in [1.29, 1.82) is 0 Å². The van der Waals surface area contributed by atoms with E-state index < -0.39 is 5.41 Å². The molecule has 0 amide bonds. The molecule has 6 heteroatoms. The van der Waals surface area contributed by atoms with Gasteiger partial charge in [0, 0.05) is 22.6 Å². The molecule has 2 aliphatic carbocycles. The second kappa shape index (κ2) is 11.1. The summed E-state index contributed by atoms with van der Waals surface area (Å²) >= 11 is 3.60. The van der Waals surface area contributed by atoms with E-state index in [4.69, 9.17) is 20.0 Å². The topological polar surface area (TPSA) is 50.5 Å². The number of fused-ring (bicyclic) bond motifs is 10. The van der Waals surface area contributed by atoms with E-state index in [2.05, 4.69) is 149 Å². The minimum atomic E-state index is -0.482. The largest absolute Gasteiger partial charge is 0.269 e. The van der Waals surface area contributed by atoms with E-state index in [-0.39, 0.29) is 11.1 Å². The van der Waals surface area contributed by atoms with E-state index >= 15 is 0 Å². The van der Waals surface area contributed by atoms with Crippen LogP contribution in [-0.4, -0.2) is 42.6 Å². The van der Waals surface area contributed by atoms with E-state index in [0.717, 1.165) is 55.5 Å². The summed E-state index contributed by atoms with van der Waals surface area (Å²) in [5.74, 6) is 1.95. The van der Waals surface area contributed by atoms with Gasteiger partial charge < -0.3 is 0 Å². The average Bonchev–Trinajstić information content (AvgIpc) is 3.88. The summed E-state index contributed by atoms with van der Waals surface area (Å²) < 4.78 is 0. The molecular formula is C45H36N4S2. The predicted octanol–water partition coefficient (Wildman–Crippen LogP) is 10.7. The van der Waals surface area contributed by atoms with Crippen LogP contribution in [-0.2, 0) is 5.41 Å². The van der Waals surface area contributed by atoms with Gasteiger partial charge in [0.25, 0.3) is 0 Å². The van der Waals surface area contributed by atoms with Crippen molar-refractivity contribution in [3.63, 3.8) is 0 Å². The number of thioether (sulfide) groups is 2. The first-order valence-corrected chi connectivity index (χ1v) is 19.6. The molecule has 51 heavy (non-hydrogen) atoms. The molecule has 0 N–H and O–H groups in total. The molecule has 248 valence electrons. The molecule has 2 aromatic heterocycles. The third-order valence-corrected chi connectivity index (χ3v) is 13.4. The van der Waals surface area contributed by atoms with Crippen LogP contribution in [0.25, 0.3) is 44.8 Å². The molecule has 0 saturated heterocycles. The van der Waals surface area contributed by atoms with Crippen LogP contribution in [0.15, 0.2) is 131 Å². The number of hydrogen-bond acceptors (Lipinski definition) is 6. The van der Waals surface area contributed by atoms with Gasteiger partial charge in [-0.1, -0.05) is 84.9 Å². The Kier molecular flexibility index (Phi) is 6.75. The van der Waals surface area contributed by atoms with Gasteiger partial charge in [-0.3, -0.25) is 9.98 Å². The van der Waals surface area contributed by atoms with Crippen LogP contribution in [0, 0.1) is 0 Å². The van der Waals surface area contributed by atoms with Gasteiger partial charge in [0.1, 0.15) is 10.1 Å². The Morgan fingerprint density at radius 3 is 1.27 bits per heavy atom. The zero-order valence-corrected chi connectivity index (χ0v) is 30.7. The molecule has 4 aromatic carbocycles. The first-order valence-electron chi connectivity index (χ1n) is 17.6. The van der Waals surface area contributed by atoms with Crippen LogP contribution in [0.4, 0.5) is 0 Å². The van der Waals surface area contributed by atoms with Crippen LogP contribution in [0.1, 0.15) is 61.3 Å². The van der Waals surface area contributed by atoms with Crippen molar-refractivity contribution in [2.45, 2.75) is 44.2 Å². The molecule has 4 nitrogen and oxygen atoms in total. The lowest BCUT2D eigenvalue weighted by molar-refractivity contribution is 0.604. The Labute approximate surface area is 307 Å². The van der Waals surface area contributed by atoms with Gasteiger partial charge in [0.05, 0.1) is 39.3 Å². The van der Waals surface area contributed by atoms with Gasteiger partial charge in [-0.05, 0) is 109 Å². The Morgan fingerprint density at radius 2 is 0.843 bits per heavy atom. The standard InChI is InChI=1S/C45H36N4S2/c1-43(2)25-50-41(48-43)39-17-9-15-37(46-39)27-19-21-31-32-22-20-28(38-16-10-18-40(47-38)42-49-44(3,4)26-51-42)24-36(32)45(35(31)23-27)33-13-7-5-11-29(33)30-12-6-8-14-34(30)45/h5-24H,25-26H2,1-4H3. The van der Waals surface area contributed by atoms with Crippen LogP contribution < -0.4 is 0 Å². The lowest BCUT2D eigenvalue weighted by atomic mass is 9.70. The van der Waals surface area contributed by atoms with Crippen molar-refractivity contribution < 1.29 is 0 Å². The first kappa shape index (κ1) is 31.0. The SMILES string of the molecule is CC1(C)CSC(c2cccc(-c3ccc4c(c3)C3(c5ccccc5-c5ccccc53)c3cc(-c5cccc(C6=NC(C)(C)CS6)n5)ccc3-4)n2)=N1. The maximum Gasteiger partial charge on any atom is 0.117 e. The molecule has 0 fully saturated rings. The normalized spacial score (nSPS) is 18.2. The third kappa shape index (κ3) is 4.76. The van der Waals surface area contributed by atoms with E-state index in [1.54, 1.807) is 23.5 Å². The van der Waals surface area contributed by atoms with Gasteiger partial charge in [-0.2, -0.15) is 0 Å². The second-order valence-corrected chi connectivity index (χ2v) is 17.1. The molecule has 6 aromatic rings. The summed E-state index contributed by atoms with van der Waals surface area (Å²) in [6.45, 7) is 8.75. The molecule has 0 unspecified atom stereocenters. The molecule has 0 saturated carbocycles. The molecule has 0 radical (unpaired) electrons. The minimum absolute atomic E-state index is 0.0666. The average molecular weight is 697 g/mol. The summed E-state index contributed by atoms with van der Waals surface area (Å²) in [7, 11) is 0. The number of aromatic nitrogens is 2. The number of nitrogens with zero attached hydrogens (tertiary/aromatic N) is 4. The van der Waals surface area contributed by atoms with Crippen LogP contribution >= 0.6 is 23.5 Å². The highest BCUT2D eigenvalue weighted by Gasteiger charge is 2.51. The zero-order valence-electron chi connectivity index (χ0n) is 29.1. The summed E-state index contributed by atoms with van der Waals surface area (Å²) in [5, 5.41) is 2.05. The van der Waals surface area contributed by atoms with Crippen molar-refractivity contribution in [3.8, 4) is 44.8 Å². The number of hydrogen-bond donors (Lipinski definition) is 0. The molecule has 0 bridgehead atoms. The van der Waals surface area contributed by atoms with Gasteiger partial charge >= 0.3 is 0 Å². The highest BCUT2D eigenvalue weighted by Crippen LogP contribution is 2.63. The summed E-state index contributed by atoms with van der Waals surface area (Å²) in [5.41, 5.74) is 15.8. The fraction of sp³-hybridized carbons (Fsp3) is 0.200. The van der Waals surface area contributed by atoms with Crippen molar-refractivity contribution in [3.05, 3.63) is 155 Å². The van der Waals surface area contributed by atoms with Crippen LogP contribution in [0.2, 0.25) is 0 Å². The molecule has 2 aliphatic heterocycles. The van der Waals surface area contributed by atoms with Crippen molar-refractivity contribution in [2.75, 3.05) is 11.5 Å². The zero-order chi connectivity index (χ0) is 34.5. The molecule has 4 heterocycles. The Morgan fingerprint density at radius 1 is 0.431 bits per heavy atom. The Balaban J connectivity index is 1.17. The highest BCUT2D eigenvalue weighted by atomic mass is 32.2. The molecule has 4 aliphatic rings. The lowest BCUT2D eigenvalue weighted by Gasteiger charge is -2.31. The maximum absolute atomic E-state index is 5.20. The quantitative estimate of drug-likeness (QED) is 0.184. The van der Waals surface area contributed by atoms with Gasteiger partial charge in [0.15, 0.2) is 0 Å². The monoisotopic (exact) mass is 696 g/mol. The number of aliphatic imine (C=N–C) groups is 2. The fourth-order valence-electron chi connectivity index (χ4n) is 8.32. The van der Waals surface area contributed by atoms with E-state index in [1.165, 1.54) is 44.5 Å². The molecule has 10 rings (SSSR count). The maximum atomic E-state index is 5.20. The van der Waals surface area contributed by atoms with Gasteiger partial charge in [-0.15, -0.1) is 23.5 Å². The number of rotatable bonds is 4. The highest BCUT2D eigenvalue weighted by molar-refractivity contribution is 8.15. The van der Waals surface area contributed by atoms with Crippen molar-refractivity contribution >= 4 is 33.6 Å². The summed E-state index contributed by atoms with van der Waals surface area (Å²) in [6, 6.07) is 44.6. The molecule has 1 spiro atoms. The van der Waals surface area contributed by atoms with Crippen LogP contribution in [0.5, 0.6) is 0 Å². The first-order chi connectivity index (χ1) is 24.7. The van der Waals surface area contributed by atoms with E-state index in [1.807, 2.05) is 0 Å². The Hall–Kier alpha value is -4.78. The van der Waals surface area contributed by atoms with Crippen LogP contribution in [0.3, 0.4) is 0 Å². The second-order valence-electron chi connectivity index (χ2n) is 15.2. The van der Waals surface area contributed by atoms with Gasteiger partial charge in [-0.25, -0.2) is 9.97 Å². The van der Waals surface area contributed by atoms with Crippen molar-refractivity contribution in [2.24, 2.45) is 9.98 Å². The van der Waals surface area contributed by atoms with Crippen molar-refractivity contribution in [1.82, 2.24) is 9.97 Å². The summed E-state index contributed by atoms with van der Waals surface area (Å²) in [4.78, 5) is 20.4. The third-order valence-electron chi connectivity index (χ3n) is 10.6. The lowest BCUT2D eigenvalue weighted by Crippen LogP contribution is -2.26. The number of benzene rings is 4. The molecular weight excluding hydrogens is 661 g/mol. The predicted molar refractivity (Wildman–Crippen MR) is 215 cm³/mol. The fourth-order valence-corrected chi connectivity index (χ4v) is 10.6. The van der Waals surface area contributed by atoms with Gasteiger partial charge in [0.2, 0.25) is 0 Å². The number of pyridine rings is 2. The molecule has 0 atom stereocenters. The Bertz CT molecular complexity index is 2330. The smallest absolute Gasteiger partial charge is 0.117 e.